The van der Waals surface area contributed by atoms with Gasteiger partial charge in [0.05, 0.1) is 12.7 Å². The van der Waals surface area contributed by atoms with Crippen LogP contribution >= 0.6 is 0 Å². The Bertz CT molecular complexity index is 409. The molecule has 0 saturated heterocycles. The van der Waals surface area contributed by atoms with E-state index in [-0.39, 0.29) is 5.97 Å². The number of benzene rings is 1. The third-order valence-electron chi connectivity index (χ3n) is 3.81. The van der Waals surface area contributed by atoms with Gasteiger partial charge >= 0.3 is 5.97 Å². The topological polar surface area (TPSA) is 29.5 Å². The Morgan fingerprint density at radius 2 is 2.00 bits per heavy atom. The van der Waals surface area contributed by atoms with Crippen LogP contribution in [-0.4, -0.2) is 31.1 Å². The van der Waals surface area contributed by atoms with Gasteiger partial charge in [0.1, 0.15) is 0 Å². The molecule has 0 N–H and O–H groups in total. The quantitative estimate of drug-likeness (QED) is 0.749. The minimum atomic E-state index is -0.277. The Kier molecular flexibility index (Phi) is 4.02. The molecule has 0 bridgehead atoms. The maximum absolute atomic E-state index is 11.3. The number of hydrogen-bond donors (Lipinski definition) is 0. The number of hydrogen-bond acceptors (Lipinski definition) is 3. The summed E-state index contributed by atoms with van der Waals surface area (Å²) in [5, 5.41) is 0. The van der Waals surface area contributed by atoms with E-state index in [4.69, 9.17) is 0 Å². The zero-order chi connectivity index (χ0) is 13.1. The second-order valence-corrected chi connectivity index (χ2v) is 5.18. The van der Waals surface area contributed by atoms with Crippen LogP contribution in [-0.2, 0) is 11.3 Å². The van der Waals surface area contributed by atoms with Crippen LogP contribution in [0.15, 0.2) is 24.3 Å². The summed E-state index contributed by atoms with van der Waals surface area (Å²) in [4.78, 5) is 13.7. The third-order valence-corrected chi connectivity index (χ3v) is 3.81. The van der Waals surface area contributed by atoms with Crippen molar-refractivity contribution >= 4 is 5.97 Å². The SMILES string of the molecule is COC(=O)c1ccc(CN(C)C(C)C2CC2)cc1. The van der Waals surface area contributed by atoms with Gasteiger partial charge in [0.2, 0.25) is 0 Å². The molecule has 98 valence electrons. The fraction of sp³-hybridized carbons (Fsp3) is 0.533. The van der Waals surface area contributed by atoms with Crippen LogP contribution in [0.4, 0.5) is 0 Å². The van der Waals surface area contributed by atoms with Crippen molar-refractivity contribution in [2.75, 3.05) is 14.2 Å². The van der Waals surface area contributed by atoms with E-state index in [0.717, 1.165) is 12.5 Å². The second kappa shape index (κ2) is 5.53. The lowest BCUT2D eigenvalue weighted by molar-refractivity contribution is 0.0600. The third kappa shape index (κ3) is 3.10. The Balaban J connectivity index is 1.95. The second-order valence-electron chi connectivity index (χ2n) is 5.18. The van der Waals surface area contributed by atoms with E-state index in [1.807, 2.05) is 24.3 Å². The fourth-order valence-corrected chi connectivity index (χ4v) is 2.23. The van der Waals surface area contributed by atoms with Gasteiger partial charge in [-0.25, -0.2) is 4.79 Å². The van der Waals surface area contributed by atoms with Crippen LogP contribution in [0.5, 0.6) is 0 Å². The zero-order valence-electron chi connectivity index (χ0n) is 11.3. The molecule has 0 heterocycles. The van der Waals surface area contributed by atoms with Gasteiger partial charge in [0.15, 0.2) is 0 Å². The fourth-order valence-electron chi connectivity index (χ4n) is 2.23. The molecule has 0 amide bonds. The number of ether oxygens (including phenoxy) is 1. The van der Waals surface area contributed by atoms with E-state index in [1.54, 1.807) is 0 Å². The molecule has 18 heavy (non-hydrogen) atoms. The van der Waals surface area contributed by atoms with Crippen molar-refractivity contribution in [3.63, 3.8) is 0 Å². The summed E-state index contributed by atoms with van der Waals surface area (Å²) in [6, 6.07) is 8.31. The number of methoxy groups -OCH3 is 1. The van der Waals surface area contributed by atoms with Crippen LogP contribution in [0.1, 0.15) is 35.7 Å². The predicted molar refractivity (Wildman–Crippen MR) is 71.4 cm³/mol. The molecule has 0 spiro atoms. The molecule has 0 radical (unpaired) electrons. The van der Waals surface area contributed by atoms with Crippen molar-refractivity contribution < 1.29 is 9.53 Å². The van der Waals surface area contributed by atoms with Gasteiger partial charge in [-0.15, -0.1) is 0 Å². The lowest BCUT2D eigenvalue weighted by Gasteiger charge is -2.24. The Hall–Kier alpha value is -1.35. The Morgan fingerprint density at radius 1 is 1.39 bits per heavy atom. The van der Waals surface area contributed by atoms with E-state index >= 15 is 0 Å². The number of carbonyl (C=O) groups is 1. The minimum Gasteiger partial charge on any atom is -0.465 e. The van der Waals surface area contributed by atoms with Crippen molar-refractivity contribution in [3.05, 3.63) is 35.4 Å². The first-order chi connectivity index (χ1) is 8.61. The Morgan fingerprint density at radius 3 is 2.50 bits per heavy atom. The summed E-state index contributed by atoms with van der Waals surface area (Å²) in [7, 11) is 3.57. The van der Waals surface area contributed by atoms with Gasteiger partial charge in [-0.3, -0.25) is 4.90 Å². The van der Waals surface area contributed by atoms with Crippen LogP contribution < -0.4 is 0 Å². The highest BCUT2D eigenvalue weighted by atomic mass is 16.5. The number of esters is 1. The average molecular weight is 247 g/mol. The van der Waals surface area contributed by atoms with E-state index in [9.17, 15) is 4.79 Å². The van der Waals surface area contributed by atoms with E-state index in [2.05, 4.69) is 23.6 Å². The molecular weight excluding hydrogens is 226 g/mol. The van der Waals surface area contributed by atoms with Crippen molar-refractivity contribution in [2.45, 2.75) is 32.4 Å². The minimum absolute atomic E-state index is 0.277. The van der Waals surface area contributed by atoms with Crippen LogP contribution in [0, 0.1) is 5.92 Å². The van der Waals surface area contributed by atoms with Crippen molar-refractivity contribution in [2.24, 2.45) is 5.92 Å². The monoisotopic (exact) mass is 247 g/mol. The van der Waals surface area contributed by atoms with Crippen molar-refractivity contribution in [3.8, 4) is 0 Å². The first-order valence-corrected chi connectivity index (χ1v) is 6.49. The van der Waals surface area contributed by atoms with E-state index in [1.165, 1.54) is 25.5 Å². The normalized spacial score (nSPS) is 16.7. The molecule has 1 aromatic carbocycles. The molecule has 1 aromatic rings. The van der Waals surface area contributed by atoms with Gasteiger partial charge in [-0.05, 0) is 50.4 Å². The van der Waals surface area contributed by atoms with Gasteiger partial charge in [-0.2, -0.15) is 0 Å². The molecule has 0 aromatic heterocycles. The molecule has 3 heteroatoms. The number of rotatable bonds is 5. The largest absolute Gasteiger partial charge is 0.465 e. The molecule has 1 saturated carbocycles. The molecule has 1 aliphatic carbocycles. The molecule has 1 aliphatic rings. The summed E-state index contributed by atoms with van der Waals surface area (Å²) in [5.74, 6) is 0.602. The van der Waals surface area contributed by atoms with Crippen LogP contribution in [0.25, 0.3) is 0 Å². The molecule has 1 fully saturated rings. The maximum Gasteiger partial charge on any atom is 0.337 e. The molecular formula is C15H21NO2. The highest BCUT2D eigenvalue weighted by molar-refractivity contribution is 5.89. The molecule has 1 atom stereocenters. The van der Waals surface area contributed by atoms with Crippen molar-refractivity contribution in [1.82, 2.24) is 4.90 Å². The van der Waals surface area contributed by atoms with Gasteiger partial charge in [0.25, 0.3) is 0 Å². The standard InChI is InChI=1S/C15H21NO2/c1-11(13-8-9-13)16(2)10-12-4-6-14(7-5-12)15(17)18-3/h4-7,11,13H,8-10H2,1-3H3. The van der Waals surface area contributed by atoms with Crippen molar-refractivity contribution in [1.29, 1.82) is 0 Å². The highest BCUT2D eigenvalue weighted by Crippen LogP contribution is 2.35. The summed E-state index contributed by atoms with van der Waals surface area (Å²) < 4.78 is 4.69. The summed E-state index contributed by atoms with van der Waals surface area (Å²) >= 11 is 0. The smallest absolute Gasteiger partial charge is 0.337 e. The summed E-state index contributed by atoms with van der Waals surface area (Å²) in [5.41, 5.74) is 1.84. The Labute approximate surface area is 109 Å². The number of nitrogens with zero attached hydrogens (tertiary/aromatic N) is 1. The lowest BCUT2D eigenvalue weighted by atomic mass is 10.1. The van der Waals surface area contributed by atoms with E-state index in [0.29, 0.717) is 11.6 Å². The summed E-state index contributed by atoms with van der Waals surface area (Å²) in [6.07, 6.45) is 2.74. The zero-order valence-corrected chi connectivity index (χ0v) is 11.3. The molecule has 2 rings (SSSR count). The molecule has 0 aliphatic heterocycles. The van der Waals surface area contributed by atoms with E-state index < -0.39 is 0 Å². The average Bonchev–Trinajstić information content (AvgIpc) is 3.22. The predicted octanol–water partition coefficient (Wildman–Crippen LogP) is 2.70. The van der Waals surface area contributed by atoms with Crippen LogP contribution in [0.2, 0.25) is 0 Å². The molecule has 3 nitrogen and oxygen atoms in total. The maximum atomic E-state index is 11.3. The highest BCUT2D eigenvalue weighted by Gasteiger charge is 2.30. The van der Waals surface area contributed by atoms with Gasteiger partial charge in [0, 0.05) is 12.6 Å². The van der Waals surface area contributed by atoms with Crippen LogP contribution in [0.3, 0.4) is 0 Å². The first kappa shape index (κ1) is 13.1. The van der Waals surface area contributed by atoms with Gasteiger partial charge in [-0.1, -0.05) is 12.1 Å². The summed E-state index contributed by atoms with van der Waals surface area (Å²) in [6.45, 7) is 3.22. The lowest BCUT2D eigenvalue weighted by Crippen LogP contribution is -2.30. The first-order valence-electron chi connectivity index (χ1n) is 6.49. The number of carbonyl (C=O) groups excluding carboxylic acids is 1. The molecule has 1 unspecified atom stereocenters. The van der Waals surface area contributed by atoms with Gasteiger partial charge < -0.3 is 4.74 Å².